The Labute approximate surface area is 146 Å². The summed E-state index contributed by atoms with van der Waals surface area (Å²) < 4.78 is 2.00. The average molecular weight is 348 g/mol. The quantitative estimate of drug-likeness (QED) is 0.593. The van der Waals surface area contributed by atoms with E-state index in [0.717, 1.165) is 11.4 Å². The summed E-state index contributed by atoms with van der Waals surface area (Å²) in [4.78, 5) is 24.4. The van der Waals surface area contributed by atoms with Crippen LogP contribution < -0.4 is 10.6 Å². The molecule has 1 aromatic heterocycles. The minimum Gasteiger partial charge on any atom is -0.483 e. The lowest BCUT2D eigenvalue weighted by molar-refractivity contribution is -0.122. The maximum atomic E-state index is 11.8. The van der Waals surface area contributed by atoms with Crippen LogP contribution in [0.15, 0.2) is 42.7 Å². The number of nitrogens with zero attached hydrogens (tertiary/aromatic N) is 2. The van der Waals surface area contributed by atoms with Crippen LogP contribution in [0.5, 0.6) is 0 Å². The molecular weight excluding hydrogens is 324 g/mol. The highest BCUT2D eigenvalue weighted by Crippen LogP contribution is 2.10. The minimum atomic E-state index is -0.718. The number of rotatable bonds is 6. The molecule has 0 aliphatic carbocycles. The molecule has 136 valence electrons. The highest BCUT2D eigenvalue weighted by molar-refractivity contribution is 5.73. The predicted octanol–water partition coefficient (Wildman–Crippen LogP) is 1.70. The van der Waals surface area contributed by atoms with Gasteiger partial charge >= 0.3 is 6.03 Å². The molecule has 0 fully saturated rings. The van der Waals surface area contributed by atoms with Crippen LogP contribution in [0.3, 0.4) is 0 Å². The summed E-state index contributed by atoms with van der Waals surface area (Å²) >= 11 is 0. The average Bonchev–Trinajstić information content (AvgIpc) is 3.08. The number of hydrogen-bond donors (Lipinski definition) is 4. The number of amides is 2. The molecule has 8 nitrogen and oxygen atoms in total. The van der Waals surface area contributed by atoms with E-state index in [2.05, 4.69) is 29.5 Å². The molecule has 2 amide bonds. The summed E-state index contributed by atoms with van der Waals surface area (Å²) in [6, 6.07) is 9.20. The van der Waals surface area contributed by atoms with Crippen LogP contribution >= 0.6 is 0 Å². The fraction of sp³-hybridized carbons (Fsp3) is 0.353. The van der Waals surface area contributed by atoms with E-state index in [4.69, 9.17) is 9.90 Å². The molecule has 4 N–H and O–H groups in total. The van der Waals surface area contributed by atoms with Crippen molar-refractivity contribution in [2.75, 3.05) is 6.54 Å². The van der Waals surface area contributed by atoms with Crippen molar-refractivity contribution in [1.82, 2.24) is 20.2 Å². The van der Waals surface area contributed by atoms with Crippen molar-refractivity contribution < 1.29 is 19.8 Å². The van der Waals surface area contributed by atoms with Crippen molar-refractivity contribution in [2.24, 2.45) is 0 Å². The topological polar surface area (TPSA) is 116 Å². The van der Waals surface area contributed by atoms with Gasteiger partial charge in [0.1, 0.15) is 5.82 Å². The summed E-state index contributed by atoms with van der Waals surface area (Å²) in [6.07, 6.45) is 2.89. The number of aliphatic hydroxyl groups excluding tert-OH is 1. The summed E-state index contributed by atoms with van der Waals surface area (Å²) in [5.74, 6) is 0.800. The van der Waals surface area contributed by atoms with E-state index in [9.17, 15) is 9.90 Å². The summed E-state index contributed by atoms with van der Waals surface area (Å²) in [5.41, 5.74) is 0.776. The van der Waals surface area contributed by atoms with Gasteiger partial charge in [-0.3, -0.25) is 4.79 Å². The van der Waals surface area contributed by atoms with Crippen LogP contribution in [-0.2, 0) is 11.3 Å². The first kappa shape index (κ1) is 20.2. The van der Waals surface area contributed by atoms with E-state index in [-0.39, 0.29) is 19.0 Å². The Morgan fingerprint density at radius 3 is 2.52 bits per heavy atom. The summed E-state index contributed by atoms with van der Waals surface area (Å²) in [6.45, 7) is 4.37. The van der Waals surface area contributed by atoms with Crippen molar-refractivity contribution in [1.29, 1.82) is 0 Å². The predicted molar refractivity (Wildman–Crippen MR) is 92.9 cm³/mol. The molecule has 0 spiro atoms. The van der Waals surface area contributed by atoms with Gasteiger partial charge in [0.2, 0.25) is 0 Å². The Morgan fingerprint density at radius 2 is 1.92 bits per heavy atom. The highest BCUT2D eigenvalue weighted by Gasteiger charge is 2.10. The third kappa shape index (κ3) is 7.05. The second-order valence-electron chi connectivity index (χ2n) is 5.44. The number of nitrogens with one attached hydrogen (secondary N) is 2. The van der Waals surface area contributed by atoms with Crippen molar-refractivity contribution in [3.63, 3.8) is 0 Å². The van der Waals surface area contributed by atoms with Gasteiger partial charge in [0.25, 0.3) is 6.47 Å². The second kappa shape index (κ2) is 10.8. The van der Waals surface area contributed by atoms with Gasteiger partial charge in [-0.25, -0.2) is 9.78 Å². The van der Waals surface area contributed by atoms with Gasteiger partial charge in [0.15, 0.2) is 0 Å². The van der Waals surface area contributed by atoms with Crippen molar-refractivity contribution in [3.05, 3.63) is 54.1 Å². The Hall–Kier alpha value is -2.87. The SMILES string of the molecule is CC(C)n1ccnc1CNC(=O)NCC(O)c1ccccc1.O=CO. The summed E-state index contributed by atoms with van der Waals surface area (Å²) in [5, 5.41) is 22.3. The maximum Gasteiger partial charge on any atom is 0.315 e. The number of carbonyl (C=O) groups is 2. The van der Waals surface area contributed by atoms with E-state index >= 15 is 0 Å². The van der Waals surface area contributed by atoms with Gasteiger partial charge in [-0.2, -0.15) is 0 Å². The first-order valence-electron chi connectivity index (χ1n) is 7.83. The van der Waals surface area contributed by atoms with Crippen LogP contribution in [0.2, 0.25) is 0 Å². The molecule has 0 aliphatic rings. The Balaban J connectivity index is 0.000000970. The lowest BCUT2D eigenvalue weighted by atomic mass is 10.1. The molecule has 1 unspecified atom stereocenters. The molecule has 0 bridgehead atoms. The van der Waals surface area contributed by atoms with Crippen molar-refractivity contribution >= 4 is 12.5 Å². The zero-order valence-corrected chi connectivity index (χ0v) is 14.3. The lowest BCUT2D eigenvalue weighted by Crippen LogP contribution is -2.38. The Kier molecular flexibility index (Phi) is 8.73. The van der Waals surface area contributed by atoms with Gasteiger partial charge in [0, 0.05) is 25.0 Å². The number of carboxylic acid groups (broad SMARTS) is 1. The van der Waals surface area contributed by atoms with E-state index in [1.807, 2.05) is 41.1 Å². The molecule has 0 aliphatic heterocycles. The minimum absolute atomic E-state index is 0.161. The smallest absolute Gasteiger partial charge is 0.315 e. The van der Waals surface area contributed by atoms with Crippen LogP contribution in [0.4, 0.5) is 4.79 Å². The molecule has 2 rings (SSSR count). The maximum absolute atomic E-state index is 11.8. The molecule has 0 saturated heterocycles. The number of hydrogen-bond acceptors (Lipinski definition) is 4. The third-order valence-electron chi connectivity index (χ3n) is 3.35. The molecule has 25 heavy (non-hydrogen) atoms. The number of urea groups is 1. The number of carbonyl (C=O) groups excluding carboxylic acids is 1. The van der Waals surface area contributed by atoms with E-state index in [1.165, 1.54) is 0 Å². The third-order valence-corrected chi connectivity index (χ3v) is 3.35. The molecule has 1 atom stereocenters. The van der Waals surface area contributed by atoms with Gasteiger partial charge in [-0.15, -0.1) is 0 Å². The highest BCUT2D eigenvalue weighted by atomic mass is 16.3. The largest absolute Gasteiger partial charge is 0.483 e. The van der Waals surface area contributed by atoms with Crippen molar-refractivity contribution in [2.45, 2.75) is 32.5 Å². The number of imidazole rings is 1. The molecule has 0 saturated carbocycles. The van der Waals surface area contributed by atoms with E-state index < -0.39 is 6.10 Å². The lowest BCUT2D eigenvalue weighted by Gasteiger charge is -2.14. The van der Waals surface area contributed by atoms with Crippen LogP contribution in [0, 0.1) is 0 Å². The molecule has 0 radical (unpaired) electrons. The number of aliphatic hydroxyl groups is 1. The molecule has 2 aromatic rings. The van der Waals surface area contributed by atoms with Gasteiger partial charge in [-0.05, 0) is 19.4 Å². The molecule has 1 heterocycles. The number of benzene rings is 1. The first-order chi connectivity index (χ1) is 12.0. The standard InChI is InChI=1S/C16H22N4O2.CH2O2/c1-12(2)20-9-8-17-15(20)11-19-16(22)18-10-14(21)13-6-4-3-5-7-13;2-1-3/h3-9,12,14,21H,10-11H2,1-2H3,(H2,18,19,22);1H,(H,2,3). The second-order valence-corrected chi connectivity index (χ2v) is 5.44. The van der Waals surface area contributed by atoms with Crippen LogP contribution in [0.1, 0.15) is 37.4 Å². The summed E-state index contributed by atoms with van der Waals surface area (Å²) in [7, 11) is 0. The van der Waals surface area contributed by atoms with E-state index in [1.54, 1.807) is 6.20 Å². The zero-order valence-electron chi connectivity index (χ0n) is 14.3. The van der Waals surface area contributed by atoms with Crippen molar-refractivity contribution in [3.8, 4) is 0 Å². The first-order valence-corrected chi connectivity index (χ1v) is 7.83. The molecule has 1 aromatic carbocycles. The number of aromatic nitrogens is 2. The van der Waals surface area contributed by atoms with Gasteiger partial charge in [0.05, 0.1) is 12.6 Å². The molecule has 8 heteroatoms. The normalized spacial score (nSPS) is 11.2. The fourth-order valence-electron chi connectivity index (χ4n) is 2.16. The van der Waals surface area contributed by atoms with Crippen LogP contribution in [-0.4, -0.2) is 38.8 Å². The van der Waals surface area contributed by atoms with Gasteiger partial charge < -0.3 is 25.4 Å². The Morgan fingerprint density at radius 1 is 1.28 bits per heavy atom. The van der Waals surface area contributed by atoms with Crippen LogP contribution in [0.25, 0.3) is 0 Å². The fourth-order valence-corrected chi connectivity index (χ4v) is 2.16. The van der Waals surface area contributed by atoms with Gasteiger partial charge in [-0.1, -0.05) is 30.3 Å². The Bertz CT molecular complexity index is 643. The zero-order chi connectivity index (χ0) is 18.7. The monoisotopic (exact) mass is 348 g/mol. The van der Waals surface area contributed by atoms with E-state index in [0.29, 0.717) is 12.6 Å². The molecular formula is C17H24N4O4.